The van der Waals surface area contributed by atoms with Gasteiger partial charge in [0, 0.05) is 17.8 Å². The number of hydrogen-bond acceptors (Lipinski definition) is 5. The van der Waals surface area contributed by atoms with E-state index in [9.17, 15) is 19.7 Å². The molecule has 0 aliphatic rings. The van der Waals surface area contributed by atoms with E-state index in [1.807, 2.05) is 0 Å². The van der Waals surface area contributed by atoms with Gasteiger partial charge >= 0.3 is 0 Å². The molecule has 0 saturated heterocycles. The number of hydrogen-bond donors (Lipinski definition) is 1. The number of anilines is 1. The molecule has 0 saturated carbocycles. The molecule has 8 nitrogen and oxygen atoms in total. The number of fused-ring (bicyclic) bond motifs is 1. The van der Waals surface area contributed by atoms with E-state index in [0.29, 0.717) is 17.0 Å². The maximum atomic E-state index is 12.8. The molecule has 2 aromatic heterocycles. The molecule has 0 bridgehead atoms. The average molecular weight is 373 g/mol. The first kappa shape index (κ1) is 17.6. The topological polar surface area (TPSA) is 107 Å². The van der Waals surface area contributed by atoms with Gasteiger partial charge in [0.15, 0.2) is 0 Å². The lowest BCUT2D eigenvalue weighted by atomic mass is 10.2. The fourth-order valence-electron chi connectivity index (χ4n) is 2.58. The van der Waals surface area contributed by atoms with Crippen molar-refractivity contribution in [1.82, 2.24) is 9.38 Å². The Kier molecular flexibility index (Phi) is 4.43. The van der Waals surface area contributed by atoms with Crippen molar-refractivity contribution in [3.8, 4) is 0 Å². The highest BCUT2D eigenvalue weighted by Gasteiger charge is 2.18. The Bertz CT molecular complexity index is 1120. The van der Waals surface area contributed by atoms with E-state index in [1.54, 1.807) is 32.0 Å². The maximum absolute atomic E-state index is 12.8. The molecule has 26 heavy (non-hydrogen) atoms. The van der Waals surface area contributed by atoms with Gasteiger partial charge in [-0.3, -0.25) is 24.1 Å². The first-order valence-corrected chi connectivity index (χ1v) is 7.91. The lowest BCUT2D eigenvalue weighted by Gasteiger charge is -2.11. The zero-order valence-corrected chi connectivity index (χ0v) is 14.6. The number of pyridine rings is 1. The number of nitro benzene ring substituents is 1. The molecule has 0 aliphatic carbocycles. The van der Waals surface area contributed by atoms with Crippen LogP contribution < -0.4 is 10.9 Å². The van der Waals surface area contributed by atoms with Crippen LogP contribution in [0.15, 0.2) is 41.2 Å². The third kappa shape index (κ3) is 3.02. The molecule has 0 unspecified atom stereocenters. The summed E-state index contributed by atoms with van der Waals surface area (Å²) in [5, 5.41) is 13.2. The van der Waals surface area contributed by atoms with Crippen LogP contribution in [0.2, 0.25) is 5.02 Å². The Morgan fingerprint density at radius 2 is 2.00 bits per heavy atom. The van der Waals surface area contributed by atoms with E-state index < -0.39 is 16.4 Å². The quantitative estimate of drug-likeness (QED) is 0.561. The summed E-state index contributed by atoms with van der Waals surface area (Å²) < 4.78 is 1.39. The van der Waals surface area contributed by atoms with Crippen LogP contribution >= 0.6 is 11.6 Å². The number of halogens is 1. The Hall–Kier alpha value is -3.26. The van der Waals surface area contributed by atoms with Crippen molar-refractivity contribution in [2.75, 3.05) is 5.32 Å². The van der Waals surface area contributed by atoms with Crippen LogP contribution in [0, 0.1) is 24.0 Å². The van der Waals surface area contributed by atoms with Crippen LogP contribution in [0.4, 0.5) is 11.4 Å². The molecule has 9 heteroatoms. The van der Waals surface area contributed by atoms with Gasteiger partial charge in [0.2, 0.25) is 0 Å². The van der Waals surface area contributed by atoms with Gasteiger partial charge < -0.3 is 5.32 Å². The van der Waals surface area contributed by atoms with E-state index in [2.05, 4.69) is 10.3 Å². The highest BCUT2D eigenvalue weighted by molar-refractivity contribution is 6.34. The van der Waals surface area contributed by atoms with Crippen LogP contribution in [0.1, 0.15) is 21.7 Å². The first-order valence-electron chi connectivity index (χ1n) is 7.54. The zero-order chi connectivity index (χ0) is 19.0. The molecule has 0 spiro atoms. The fourth-order valence-corrected chi connectivity index (χ4v) is 2.84. The molecule has 1 amide bonds. The van der Waals surface area contributed by atoms with Gasteiger partial charge in [0.05, 0.1) is 21.2 Å². The Balaban J connectivity index is 2.04. The number of benzene rings is 1. The van der Waals surface area contributed by atoms with Crippen molar-refractivity contribution < 1.29 is 9.72 Å². The number of rotatable bonds is 3. The Morgan fingerprint density at radius 1 is 1.27 bits per heavy atom. The van der Waals surface area contributed by atoms with Crippen LogP contribution in [-0.2, 0) is 0 Å². The number of nitrogens with zero attached hydrogens (tertiary/aromatic N) is 3. The van der Waals surface area contributed by atoms with Crippen molar-refractivity contribution in [2.24, 2.45) is 0 Å². The molecule has 132 valence electrons. The number of carbonyl (C=O) groups is 1. The van der Waals surface area contributed by atoms with Crippen molar-refractivity contribution in [1.29, 1.82) is 0 Å². The van der Waals surface area contributed by atoms with Gasteiger partial charge in [-0.15, -0.1) is 0 Å². The molecular formula is C17H13ClN4O4. The summed E-state index contributed by atoms with van der Waals surface area (Å²) >= 11 is 5.97. The molecule has 1 N–H and O–H groups in total. The monoisotopic (exact) mass is 372 g/mol. The van der Waals surface area contributed by atoms with E-state index in [0.717, 1.165) is 6.07 Å². The van der Waals surface area contributed by atoms with Crippen molar-refractivity contribution >= 4 is 34.5 Å². The molecule has 3 aromatic rings. The van der Waals surface area contributed by atoms with E-state index in [1.165, 1.54) is 16.5 Å². The summed E-state index contributed by atoms with van der Waals surface area (Å²) in [6.45, 7) is 3.36. The number of nitrogens with one attached hydrogen (secondary N) is 1. The zero-order valence-electron chi connectivity index (χ0n) is 13.8. The predicted octanol–water partition coefficient (Wildman–Crippen LogP) is 3.13. The Morgan fingerprint density at radius 3 is 2.65 bits per heavy atom. The lowest BCUT2D eigenvalue weighted by molar-refractivity contribution is -0.384. The van der Waals surface area contributed by atoms with E-state index in [4.69, 9.17) is 11.6 Å². The van der Waals surface area contributed by atoms with Crippen LogP contribution in [-0.4, -0.2) is 20.2 Å². The number of amides is 1. The minimum absolute atomic E-state index is 0.0194. The van der Waals surface area contributed by atoms with Crippen molar-refractivity contribution in [2.45, 2.75) is 13.8 Å². The van der Waals surface area contributed by atoms with Gasteiger partial charge in [0.1, 0.15) is 11.3 Å². The minimum Gasteiger partial charge on any atom is -0.316 e. The SMILES string of the molecule is Cc1nc2cccc(C)n2c(=O)c1NC(=O)c1ccc([N+](=O)[O-])cc1Cl. The molecule has 2 heterocycles. The highest BCUT2D eigenvalue weighted by Crippen LogP contribution is 2.23. The van der Waals surface area contributed by atoms with Crippen molar-refractivity contribution in [3.63, 3.8) is 0 Å². The standard InChI is InChI=1S/C17H13ClN4O4/c1-9-4-3-5-14-19-10(2)15(17(24)21(9)14)20-16(23)12-7-6-11(22(25)26)8-13(12)18/h3-8H,1-2H3,(H,20,23). The minimum atomic E-state index is -0.652. The smallest absolute Gasteiger partial charge is 0.282 e. The molecule has 0 fully saturated rings. The first-order chi connectivity index (χ1) is 12.3. The number of aromatic nitrogens is 2. The van der Waals surface area contributed by atoms with Gasteiger partial charge in [-0.1, -0.05) is 17.7 Å². The van der Waals surface area contributed by atoms with Crippen LogP contribution in [0.25, 0.3) is 5.65 Å². The average Bonchev–Trinajstić information content (AvgIpc) is 2.58. The largest absolute Gasteiger partial charge is 0.316 e. The van der Waals surface area contributed by atoms with Gasteiger partial charge in [-0.05, 0) is 32.0 Å². The van der Waals surface area contributed by atoms with E-state index >= 15 is 0 Å². The summed E-state index contributed by atoms with van der Waals surface area (Å²) in [6, 6.07) is 8.72. The highest BCUT2D eigenvalue weighted by atomic mass is 35.5. The summed E-state index contributed by atoms with van der Waals surface area (Å²) in [4.78, 5) is 39.7. The second-order valence-corrected chi connectivity index (χ2v) is 6.02. The summed E-state index contributed by atoms with van der Waals surface area (Å²) in [6.07, 6.45) is 0. The normalized spacial score (nSPS) is 10.7. The third-order valence-electron chi connectivity index (χ3n) is 3.87. The molecule has 0 aliphatic heterocycles. The molecule has 0 atom stereocenters. The molecule has 0 radical (unpaired) electrons. The van der Waals surface area contributed by atoms with Crippen LogP contribution in [0.5, 0.6) is 0 Å². The second-order valence-electron chi connectivity index (χ2n) is 5.61. The third-order valence-corrected chi connectivity index (χ3v) is 4.18. The molecule has 1 aromatic carbocycles. The van der Waals surface area contributed by atoms with Crippen LogP contribution in [0.3, 0.4) is 0 Å². The summed E-state index contributed by atoms with van der Waals surface area (Å²) in [5.74, 6) is -0.652. The molecule has 3 rings (SSSR count). The number of non-ortho nitro benzene ring substituents is 1. The van der Waals surface area contributed by atoms with Gasteiger partial charge in [-0.2, -0.15) is 0 Å². The summed E-state index contributed by atoms with van der Waals surface area (Å²) in [7, 11) is 0. The number of carbonyl (C=O) groups excluding carboxylic acids is 1. The Labute approximate surface area is 152 Å². The predicted molar refractivity (Wildman–Crippen MR) is 97.0 cm³/mol. The fraction of sp³-hybridized carbons (Fsp3) is 0.118. The number of nitro groups is 1. The van der Waals surface area contributed by atoms with Gasteiger partial charge in [0.25, 0.3) is 17.2 Å². The second kappa shape index (κ2) is 6.57. The van der Waals surface area contributed by atoms with E-state index in [-0.39, 0.29) is 22.0 Å². The maximum Gasteiger partial charge on any atom is 0.282 e. The summed E-state index contributed by atoms with van der Waals surface area (Å²) in [5.41, 5.74) is 0.889. The number of aryl methyl sites for hydroxylation is 2. The lowest BCUT2D eigenvalue weighted by Crippen LogP contribution is -2.26. The molecular weight excluding hydrogens is 360 g/mol. The van der Waals surface area contributed by atoms with Crippen molar-refractivity contribution in [3.05, 3.63) is 78.8 Å². The van der Waals surface area contributed by atoms with Gasteiger partial charge in [-0.25, -0.2) is 4.98 Å².